The highest BCUT2D eigenvalue weighted by Gasteiger charge is 2.51. The molecule has 1 fully saturated rings. The molecule has 9 nitrogen and oxygen atoms in total. The molecule has 1 spiro atoms. The number of fused-ring (bicyclic) bond motifs is 1. The second-order valence-corrected chi connectivity index (χ2v) is 9.25. The number of carbonyl (C=O) groups is 1. The van der Waals surface area contributed by atoms with Crippen LogP contribution in [-0.2, 0) is 11.2 Å². The molecular formula is C22H21F2N5O4S. The van der Waals surface area contributed by atoms with Gasteiger partial charge in [-0.1, -0.05) is 17.4 Å². The van der Waals surface area contributed by atoms with Crippen molar-refractivity contribution in [3.8, 4) is 16.3 Å². The highest BCUT2D eigenvalue weighted by Crippen LogP contribution is 2.36. The molecule has 34 heavy (non-hydrogen) atoms. The maximum Gasteiger partial charge on any atom is 0.278 e. The van der Waals surface area contributed by atoms with Gasteiger partial charge in [0.05, 0.1) is 18.8 Å². The summed E-state index contributed by atoms with van der Waals surface area (Å²) in [5, 5.41) is 21.3. The van der Waals surface area contributed by atoms with Crippen LogP contribution in [0.1, 0.15) is 34.4 Å². The van der Waals surface area contributed by atoms with Gasteiger partial charge in [0, 0.05) is 38.7 Å². The number of ether oxygens (including phenoxy) is 1. The third-order valence-electron chi connectivity index (χ3n) is 6.39. The van der Waals surface area contributed by atoms with Crippen molar-refractivity contribution < 1.29 is 23.4 Å². The van der Waals surface area contributed by atoms with E-state index in [-0.39, 0.29) is 34.9 Å². The molecule has 1 atom stereocenters. The van der Waals surface area contributed by atoms with Crippen LogP contribution in [0.4, 0.5) is 8.78 Å². The second-order valence-electron chi connectivity index (χ2n) is 8.19. The topological polar surface area (TPSA) is 101 Å². The number of halogens is 2. The summed E-state index contributed by atoms with van der Waals surface area (Å²) in [6, 6.07) is 3.28. The Bertz CT molecular complexity index is 1350. The van der Waals surface area contributed by atoms with Crippen LogP contribution in [-0.4, -0.2) is 63.3 Å². The van der Waals surface area contributed by atoms with Gasteiger partial charge in [0.15, 0.2) is 22.1 Å². The number of hydrogen-bond acceptors (Lipinski definition) is 8. The fraction of sp³-hybridized carbons (Fsp3) is 0.364. The van der Waals surface area contributed by atoms with Gasteiger partial charge in [-0.2, -0.15) is 0 Å². The van der Waals surface area contributed by atoms with Gasteiger partial charge in [-0.3, -0.25) is 19.3 Å². The number of carbonyl (C=O) groups excluding carboxylic acids is 1. The van der Waals surface area contributed by atoms with E-state index in [1.807, 2.05) is 6.92 Å². The predicted octanol–water partition coefficient (Wildman–Crippen LogP) is 2.10. The van der Waals surface area contributed by atoms with Crippen LogP contribution in [0.15, 0.2) is 29.2 Å². The predicted molar refractivity (Wildman–Crippen MR) is 119 cm³/mol. The third kappa shape index (κ3) is 3.28. The van der Waals surface area contributed by atoms with E-state index in [1.54, 1.807) is 17.0 Å². The molecule has 0 aliphatic carbocycles. The van der Waals surface area contributed by atoms with Crippen molar-refractivity contribution in [3.05, 3.63) is 62.5 Å². The van der Waals surface area contributed by atoms with E-state index in [0.717, 1.165) is 23.5 Å². The second kappa shape index (κ2) is 8.13. The highest BCUT2D eigenvalue weighted by molar-refractivity contribution is 7.14. The molecule has 3 aromatic rings. The molecule has 4 heterocycles. The molecule has 0 bridgehead atoms. The van der Waals surface area contributed by atoms with Gasteiger partial charge in [-0.15, -0.1) is 10.2 Å². The Morgan fingerprint density at radius 1 is 1.26 bits per heavy atom. The quantitative estimate of drug-likeness (QED) is 0.599. The lowest BCUT2D eigenvalue weighted by molar-refractivity contribution is 0.0247. The van der Waals surface area contributed by atoms with Crippen LogP contribution in [0.5, 0.6) is 5.75 Å². The maximum atomic E-state index is 14.0. The molecule has 0 saturated carbocycles. The van der Waals surface area contributed by atoms with E-state index in [2.05, 4.69) is 10.2 Å². The zero-order valence-electron chi connectivity index (χ0n) is 18.4. The van der Waals surface area contributed by atoms with Crippen LogP contribution in [0.3, 0.4) is 0 Å². The van der Waals surface area contributed by atoms with Crippen molar-refractivity contribution >= 4 is 17.2 Å². The van der Waals surface area contributed by atoms with Crippen molar-refractivity contribution in [1.82, 2.24) is 19.8 Å². The molecule has 1 saturated heterocycles. The Morgan fingerprint density at radius 3 is 2.74 bits per heavy atom. The smallest absolute Gasteiger partial charge is 0.278 e. The number of hydrogen-bond donors (Lipinski definition) is 1. The molecule has 5 rings (SSSR count). The van der Waals surface area contributed by atoms with Gasteiger partial charge < -0.3 is 14.7 Å². The first-order valence-corrected chi connectivity index (χ1v) is 11.5. The minimum atomic E-state index is -0.752. The van der Waals surface area contributed by atoms with Crippen molar-refractivity contribution in [3.63, 3.8) is 0 Å². The highest BCUT2D eigenvalue weighted by atomic mass is 32.1. The Hall–Kier alpha value is -3.38. The SMILES string of the molecule is CCN1C(=O)c2c(O)c(=O)c(-c3nnc(Cc4ccc(F)cc4F)s3)cn2N(C)C12CCOC2. The third-order valence-corrected chi connectivity index (χ3v) is 7.35. The normalized spacial score (nSPS) is 19.8. The summed E-state index contributed by atoms with van der Waals surface area (Å²) in [5.41, 5.74) is -1.33. The average Bonchev–Trinajstić information content (AvgIpc) is 3.47. The molecule has 2 aliphatic rings. The van der Waals surface area contributed by atoms with E-state index in [1.165, 1.54) is 16.9 Å². The summed E-state index contributed by atoms with van der Waals surface area (Å²) in [7, 11) is 1.77. The first-order valence-electron chi connectivity index (χ1n) is 10.7. The van der Waals surface area contributed by atoms with E-state index in [9.17, 15) is 23.5 Å². The Labute approximate surface area is 196 Å². The van der Waals surface area contributed by atoms with E-state index >= 15 is 0 Å². The van der Waals surface area contributed by atoms with E-state index < -0.39 is 34.4 Å². The summed E-state index contributed by atoms with van der Waals surface area (Å²) < 4.78 is 34.3. The van der Waals surface area contributed by atoms with Crippen molar-refractivity contribution in [2.24, 2.45) is 0 Å². The minimum absolute atomic E-state index is 0.0586. The van der Waals surface area contributed by atoms with Crippen LogP contribution in [0, 0.1) is 11.6 Å². The average molecular weight is 490 g/mol. The Balaban J connectivity index is 1.57. The zero-order chi connectivity index (χ0) is 24.2. The Kier molecular flexibility index (Phi) is 5.36. The van der Waals surface area contributed by atoms with Crippen LogP contribution in [0.25, 0.3) is 10.6 Å². The minimum Gasteiger partial charge on any atom is -0.502 e. The fourth-order valence-electron chi connectivity index (χ4n) is 4.58. The zero-order valence-corrected chi connectivity index (χ0v) is 19.2. The fourth-order valence-corrected chi connectivity index (χ4v) is 5.45. The van der Waals surface area contributed by atoms with E-state index in [0.29, 0.717) is 24.6 Å². The first-order chi connectivity index (χ1) is 16.3. The monoisotopic (exact) mass is 489 g/mol. The van der Waals surface area contributed by atoms with Gasteiger partial charge in [0.2, 0.25) is 5.43 Å². The van der Waals surface area contributed by atoms with Gasteiger partial charge in [-0.05, 0) is 18.6 Å². The molecule has 2 aliphatic heterocycles. The molecule has 2 aromatic heterocycles. The van der Waals surface area contributed by atoms with Gasteiger partial charge in [0.25, 0.3) is 5.91 Å². The first kappa shape index (κ1) is 22.4. The number of pyridine rings is 1. The van der Waals surface area contributed by atoms with Gasteiger partial charge in [0.1, 0.15) is 16.6 Å². The standard InChI is InChI=1S/C22H21F2N5O4S/c1-3-28-21(32)17-19(31)18(30)14(10-29(17)27(2)22(28)6-7-33-11-22)20-26-25-16(34-20)8-12-4-5-13(23)9-15(12)24/h4-5,9-10,31H,3,6-8,11H2,1-2H3. The number of likely N-dealkylation sites (N-methyl/N-ethyl adjacent to an activating group) is 2. The van der Waals surface area contributed by atoms with Crippen molar-refractivity contribution in [2.75, 3.05) is 31.8 Å². The molecule has 1 aromatic carbocycles. The maximum absolute atomic E-state index is 14.0. The van der Waals surface area contributed by atoms with Crippen LogP contribution in [0.2, 0.25) is 0 Å². The number of aromatic hydroxyl groups is 1. The lowest BCUT2D eigenvalue weighted by Gasteiger charge is -2.51. The van der Waals surface area contributed by atoms with Crippen LogP contribution < -0.4 is 10.4 Å². The molecule has 0 radical (unpaired) electrons. The number of nitrogens with zero attached hydrogens (tertiary/aromatic N) is 5. The number of benzene rings is 1. The summed E-state index contributed by atoms with van der Waals surface area (Å²) >= 11 is 1.05. The molecule has 1 N–H and O–H groups in total. The van der Waals surface area contributed by atoms with Crippen molar-refractivity contribution in [2.45, 2.75) is 25.4 Å². The number of rotatable bonds is 4. The lowest BCUT2D eigenvalue weighted by Crippen LogP contribution is -2.69. The van der Waals surface area contributed by atoms with Gasteiger partial charge >= 0.3 is 0 Å². The molecular weight excluding hydrogens is 468 g/mol. The molecule has 12 heteroatoms. The molecule has 178 valence electrons. The van der Waals surface area contributed by atoms with E-state index in [4.69, 9.17) is 4.74 Å². The number of amides is 1. The summed E-state index contributed by atoms with van der Waals surface area (Å²) in [4.78, 5) is 27.9. The van der Waals surface area contributed by atoms with Crippen molar-refractivity contribution in [1.29, 1.82) is 0 Å². The largest absolute Gasteiger partial charge is 0.502 e. The molecule has 1 unspecified atom stereocenters. The lowest BCUT2D eigenvalue weighted by atomic mass is 10.0. The Morgan fingerprint density at radius 2 is 2.06 bits per heavy atom. The van der Waals surface area contributed by atoms with Crippen LogP contribution >= 0.6 is 11.3 Å². The van der Waals surface area contributed by atoms with Gasteiger partial charge in [-0.25, -0.2) is 8.78 Å². The molecule has 1 amide bonds. The summed E-state index contributed by atoms with van der Waals surface area (Å²) in [6.07, 6.45) is 2.09. The summed E-state index contributed by atoms with van der Waals surface area (Å²) in [6.45, 7) is 2.97. The number of aromatic nitrogens is 3. The summed E-state index contributed by atoms with van der Waals surface area (Å²) in [5.74, 6) is -2.52.